The number of hydrogen-bond donors (Lipinski definition) is 0. The topological polar surface area (TPSA) is 27.7 Å². The Balaban J connectivity index is 1.85. The van der Waals surface area contributed by atoms with Crippen molar-refractivity contribution >= 4 is 47.1 Å². The molecule has 3 aliphatic rings. The lowest BCUT2D eigenvalue weighted by atomic mass is 9.88. The van der Waals surface area contributed by atoms with Gasteiger partial charge in [-0.3, -0.25) is 0 Å². The minimum absolute atomic E-state index is 0.0245. The van der Waals surface area contributed by atoms with Crippen molar-refractivity contribution < 1.29 is 14.0 Å². The van der Waals surface area contributed by atoms with Crippen molar-refractivity contribution in [2.75, 3.05) is 11.5 Å². The molecule has 0 spiro atoms. The first kappa shape index (κ1) is 14.2. The van der Waals surface area contributed by atoms with Gasteiger partial charge in [0.05, 0.1) is 6.10 Å². The molecule has 0 saturated carbocycles. The monoisotopic (exact) mass is 322 g/mol. The van der Waals surface area contributed by atoms with E-state index < -0.39 is 10.3 Å². The van der Waals surface area contributed by atoms with Gasteiger partial charge >= 0.3 is 0 Å². The van der Waals surface area contributed by atoms with Crippen LogP contribution >= 0.6 is 27.4 Å². The van der Waals surface area contributed by atoms with Gasteiger partial charge in [-0.1, -0.05) is 29.7 Å². The van der Waals surface area contributed by atoms with Crippen molar-refractivity contribution in [2.45, 2.75) is 50.2 Å². The Morgan fingerprint density at radius 3 is 2.78 bits per heavy atom. The molecular formula is C10H16BO3PS3. The quantitative estimate of drug-likeness (QED) is 0.586. The van der Waals surface area contributed by atoms with Crippen LogP contribution in [-0.4, -0.2) is 49.3 Å². The first-order valence-corrected chi connectivity index (χ1v) is 12.1. The first-order chi connectivity index (χ1) is 8.51. The van der Waals surface area contributed by atoms with Crippen LogP contribution in [0, 0.1) is 0 Å². The minimum Gasteiger partial charge on any atom is -0.373 e. The molecule has 5 atom stereocenters. The second kappa shape index (κ2) is 4.94. The van der Waals surface area contributed by atoms with Gasteiger partial charge in [0.15, 0.2) is 4.67 Å². The van der Waals surface area contributed by atoms with Crippen LogP contribution in [0.4, 0.5) is 0 Å². The van der Waals surface area contributed by atoms with E-state index in [4.69, 9.17) is 33.7 Å². The summed E-state index contributed by atoms with van der Waals surface area (Å²) in [7, 11) is 5.99. The molecule has 0 aliphatic carbocycles. The van der Waals surface area contributed by atoms with Crippen molar-refractivity contribution in [2.24, 2.45) is 0 Å². The van der Waals surface area contributed by atoms with Gasteiger partial charge in [0.1, 0.15) is 25.7 Å². The predicted octanol–water partition coefficient (Wildman–Crippen LogP) is 2.54. The van der Waals surface area contributed by atoms with Gasteiger partial charge in [0.25, 0.3) is 0 Å². The zero-order valence-electron chi connectivity index (χ0n) is 10.4. The first-order valence-electron chi connectivity index (χ1n) is 6.17. The highest BCUT2D eigenvalue weighted by Gasteiger charge is 2.64. The van der Waals surface area contributed by atoms with E-state index in [-0.39, 0.29) is 24.3 Å². The van der Waals surface area contributed by atoms with Crippen LogP contribution in [0.5, 0.6) is 0 Å². The van der Waals surface area contributed by atoms with E-state index in [0.717, 1.165) is 17.9 Å². The van der Waals surface area contributed by atoms with Gasteiger partial charge in [-0.25, -0.2) is 0 Å². The summed E-state index contributed by atoms with van der Waals surface area (Å²) < 4.78 is 16.4. The molecule has 0 unspecified atom stereocenters. The molecule has 3 saturated heterocycles. The minimum atomic E-state index is -1.81. The molecule has 3 heterocycles. The predicted molar refractivity (Wildman–Crippen MR) is 82.1 cm³/mol. The SMILES string of the molecule is [B][C@@H]1O[C@@]2(CC)[C@H](C)O[C@@H]1[C@@H]2OP1(=S)SCCS1. The maximum Gasteiger partial charge on any atom is 0.175 e. The second-order valence-electron chi connectivity index (χ2n) is 4.77. The van der Waals surface area contributed by atoms with Gasteiger partial charge in [-0.2, -0.15) is 0 Å². The molecule has 18 heavy (non-hydrogen) atoms. The summed E-state index contributed by atoms with van der Waals surface area (Å²) in [5.74, 6) is 2.17. The van der Waals surface area contributed by atoms with Crippen molar-refractivity contribution in [3.63, 3.8) is 0 Å². The zero-order chi connectivity index (χ0) is 13.0. The zero-order valence-corrected chi connectivity index (χ0v) is 13.7. The number of fused-ring (bicyclic) bond motifs is 2. The van der Waals surface area contributed by atoms with Crippen LogP contribution in [0.2, 0.25) is 0 Å². The molecule has 2 radical (unpaired) electrons. The fraction of sp³-hybridized carbons (Fsp3) is 1.00. The van der Waals surface area contributed by atoms with Crippen molar-refractivity contribution in [3.8, 4) is 0 Å². The van der Waals surface area contributed by atoms with Crippen molar-refractivity contribution in [1.29, 1.82) is 0 Å². The third-order valence-corrected chi connectivity index (χ3v) is 13.6. The van der Waals surface area contributed by atoms with Crippen molar-refractivity contribution in [1.82, 2.24) is 0 Å². The third kappa shape index (κ3) is 2.05. The Labute approximate surface area is 122 Å². The van der Waals surface area contributed by atoms with Crippen LogP contribution in [0.1, 0.15) is 20.3 Å². The molecule has 2 bridgehead atoms. The number of rotatable bonds is 3. The molecule has 3 rings (SSSR count). The van der Waals surface area contributed by atoms with Crippen LogP contribution in [0.25, 0.3) is 0 Å². The Bertz CT molecular complexity index is 389. The highest BCUT2D eigenvalue weighted by molar-refractivity contribution is 9.00. The van der Waals surface area contributed by atoms with Crippen molar-refractivity contribution in [3.05, 3.63) is 0 Å². The van der Waals surface area contributed by atoms with E-state index in [9.17, 15) is 0 Å². The lowest BCUT2D eigenvalue weighted by Crippen LogP contribution is -2.46. The van der Waals surface area contributed by atoms with E-state index in [1.165, 1.54) is 0 Å². The summed E-state index contributed by atoms with van der Waals surface area (Å²) >= 11 is 9.25. The summed E-state index contributed by atoms with van der Waals surface area (Å²) in [6.45, 7) is 4.13. The second-order valence-corrected chi connectivity index (χ2v) is 15.5. The molecule has 0 amide bonds. The molecule has 100 valence electrons. The molecule has 3 fully saturated rings. The van der Waals surface area contributed by atoms with E-state index >= 15 is 0 Å². The summed E-state index contributed by atoms with van der Waals surface area (Å²) in [5, 5.41) is 0. The molecule has 0 aromatic rings. The fourth-order valence-electron chi connectivity index (χ4n) is 2.92. The molecule has 0 aromatic carbocycles. The van der Waals surface area contributed by atoms with Crippen LogP contribution in [-0.2, 0) is 25.8 Å². The van der Waals surface area contributed by atoms with Crippen LogP contribution < -0.4 is 0 Å². The Morgan fingerprint density at radius 2 is 2.17 bits per heavy atom. The highest BCUT2D eigenvalue weighted by atomic mass is 33.2. The molecule has 8 heteroatoms. The summed E-state index contributed by atoms with van der Waals surface area (Å²) in [5.41, 5.74) is -0.403. The standard InChI is InChI=1S/C10H16BO3PS3/c1-3-10-6(2)12-7(9(11)13-10)8(10)14-15(16)17-4-5-18-15/h6-9H,3-5H2,1-2H3/t6-,7+,8-,9+,10-/m0/s1. The fourth-order valence-corrected chi connectivity index (χ4v) is 12.2. The summed E-state index contributed by atoms with van der Waals surface area (Å²) in [6.07, 6.45) is 0.600. The van der Waals surface area contributed by atoms with E-state index in [1.807, 2.05) is 6.92 Å². The van der Waals surface area contributed by atoms with Crippen LogP contribution in [0.15, 0.2) is 0 Å². The van der Waals surface area contributed by atoms with Gasteiger partial charge in [-0.05, 0) is 25.2 Å². The largest absolute Gasteiger partial charge is 0.373 e. The maximum atomic E-state index is 6.30. The number of hydrogen-bond acceptors (Lipinski definition) is 6. The third-order valence-electron chi connectivity index (χ3n) is 3.89. The average molecular weight is 322 g/mol. The Hall–Kier alpha value is 1.29. The van der Waals surface area contributed by atoms with Crippen LogP contribution in [0.3, 0.4) is 0 Å². The van der Waals surface area contributed by atoms with E-state index in [0.29, 0.717) is 0 Å². The highest BCUT2D eigenvalue weighted by Crippen LogP contribution is 2.76. The molecule has 3 aliphatic heterocycles. The van der Waals surface area contributed by atoms with Gasteiger partial charge in [0, 0.05) is 17.5 Å². The molecule has 3 nitrogen and oxygen atoms in total. The van der Waals surface area contributed by atoms with E-state index in [2.05, 4.69) is 6.92 Å². The Kier molecular flexibility index (Phi) is 3.91. The molecule has 0 N–H and O–H groups in total. The average Bonchev–Trinajstić information content (AvgIpc) is 2.93. The maximum absolute atomic E-state index is 6.30. The van der Waals surface area contributed by atoms with E-state index in [1.54, 1.807) is 22.8 Å². The Morgan fingerprint density at radius 1 is 1.50 bits per heavy atom. The van der Waals surface area contributed by atoms with Gasteiger partial charge in [0.2, 0.25) is 0 Å². The lowest BCUT2D eigenvalue weighted by molar-refractivity contribution is -0.157. The summed E-state index contributed by atoms with van der Waals surface area (Å²) in [6, 6.07) is -0.384. The van der Waals surface area contributed by atoms with Gasteiger partial charge < -0.3 is 14.0 Å². The van der Waals surface area contributed by atoms with Gasteiger partial charge in [-0.15, -0.1) is 0 Å². The molecular weight excluding hydrogens is 306 g/mol. The smallest absolute Gasteiger partial charge is 0.175 e. The summed E-state index contributed by atoms with van der Waals surface area (Å²) in [4.78, 5) is 0. The number of ether oxygens (including phenoxy) is 2. The normalized spacial score (nSPS) is 49.9. The lowest BCUT2D eigenvalue weighted by Gasteiger charge is -2.35. The molecule has 0 aromatic heterocycles.